The Bertz CT molecular complexity index is 64.0. The van der Waals surface area contributed by atoms with Gasteiger partial charge in [0.1, 0.15) is 6.17 Å². The van der Waals surface area contributed by atoms with Crippen LogP contribution in [0.15, 0.2) is 0 Å². The van der Waals surface area contributed by atoms with Gasteiger partial charge in [-0.15, -0.1) is 0 Å². The van der Waals surface area contributed by atoms with E-state index in [1.165, 1.54) is 0 Å². The van der Waals surface area contributed by atoms with E-state index < -0.39 is 12.1 Å². The van der Waals surface area contributed by atoms with Crippen molar-refractivity contribution in [2.24, 2.45) is 0 Å². The van der Waals surface area contributed by atoms with Crippen LogP contribution in [0, 0.1) is 0 Å². The Labute approximate surface area is 52.9 Å². The van der Waals surface area contributed by atoms with E-state index in [1.807, 2.05) is 0 Å². The van der Waals surface area contributed by atoms with Crippen LogP contribution in [-0.2, 0) is 4.79 Å². The van der Waals surface area contributed by atoms with Gasteiger partial charge in [0, 0.05) is 0 Å². The summed E-state index contributed by atoms with van der Waals surface area (Å²) in [6, 6.07) is 0. The van der Waals surface area contributed by atoms with Gasteiger partial charge in [-0.2, -0.15) is 0 Å². The first-order valence-corrected chi connectivity index (χ1v) is 1.49. The second kappa shape index (κ2) is 4.16. The number of carboxylic acids is 1. The SMILES string of the molecule is CC(F)C(=O)[O-].[Li+]. The summed E-state index contributed by atoms with van der Waals surface area (Å²) in [7, 11) is 0. The maximum atomic E-state index is 11.2. The van der Waals surface area contributed by atoms with Crippen LogP contribution in [0.4, 0.5) is 4.39 Å². The zero-order valence-electron chi connectivity index (χ0n) is 4.27. The van der Waals surface area contributed by atoms with Crippen LogP contribution in [0.25, 0.3) is 0 Å². The van der Waals surface area contributed by atoms with Gasteiger partial charge in [0.15, 0.2) is 0 Å². The number of aliphatic carboxylic acids is 1. The van der Waals surface area contributed by atoms with E-state index in [4.69, 9.17) is 0 Å². The molecule has 1 unspecified atom stereocenters. The Hall–Kier alpha value is -0.00260. The maximum absolute atomic E-state index is 11.2. The monoisotopic (exact) mass is 98.0 g/mol. The van der Waals surface area contributed by atoms with Gasteiger partial charge in [0.2, 0.25) is 0 Å². The standard InChI is InChI=1S/C3H5FO2.Li/c1-2(4)3(5)6;/h2H,1H3,(H,5,6);/q;+1/p-1. The molecule has 0 heterocycles. The quantitative estimate of drug-likeness (QED) is 0.314. The van der Waals surface area contributed by atoms with Crippen molar-refractivity contribution in [2.45, 2.75) is 13.1 Å². The molecule has 4 heteroatoms. The molecule has 0 N–H and O–H groups in total. The number of carbonyl (C=O) groups excluding carboxylic acids is 1. The summed E-state index contributed by atoms with van der Waals surface area (Å²) in [4.78, 5) is 9.21. The average molecular weight is 98.0 g/mol. The van der Waals surface area contributed by atoms with Crippen molar-refractivity contribution in [3.8, 4) is 0 Å². The van der Waals surface area contributed by atoms with Gasteiger partial charge in [-0.25, -0.2) is 4.39 Å². The summed E-state index contributed by atoms with van der Waals surface area (Å²) in [6.07, 6.45) is -1.84. The molecule has 0 fully saturated rings. The van der Waals surface area contributed by atoms with Crippen LogP contribution in [0.2, 0.25) is 0 Å². The van der Waals surface area contributed by atoms with Gasteiger partial charge < -0.3 is 9.90 Å². The summed E-state index contributed by atoms with van der Waals surface area (Å²) in [5.74, 6) is -1.66. The molecule has 0 aromatic carbocycles. The van der Waals surface area contributed by atoms with Crippen LogP contribution in [0.5, 0.6) is 0 Å². The number of hydrogen-bond donors (Lipinski definition) is 0. The van der Waals surface area contributed by atoms with Crippen molar-refractivity contribution in [2.75, 3.05) is 0 Å². The van der Waals surface area contributed by atoms with Crippen LogP contribution < -0.4 is 24.0 Å². The topological polar surface area (TPSA) is 40.1 Å². The number of halogens is 1. The molecule has 0 aromatic rings. The van der Waals surface area contributed by atoms with Crippen LogP contribution in [0.1, 0.15) is 6.92 Å². The molecule has 0 saturated carbocycles. The Morgan fingerprint density at radius 3 is 2.00 bits per heavy atom. The molecule has 1 atom stereocenters. The van der Waals surface area contributed by atoms with Crippen molar-refractivity contribution in [1.82, 2.24) is 0 Å². The number of rotatable bonds is 1. The fourth-order valence-electron chi connectivity index (χ4n) is 0. The molecule has 0 aliphatic heterocycles. The van der Waals surface area contributed by atoms with Gasteiger partial charge >= 0.3 is 18.9 Å². The van der Waals surface area contributed by atoms with Crippen LogP contribution in [-0.4, -0.2) is 12.1 Å². The van der Waals surface area contributed by atoms with Crippen molar-refractivity contribution >= 4 is 5.97 Å². The predicted octanol–water partition coefficient (Wildman–Crippen LogP) is -3.90. The normalized spacial score (nSPS) is 11.7. The zero-order valence-corrected chi connectivity index (χ0v) is 4.27. The molecule has 0 radical (unpaired) electrons. The fraction of sp³-hybridized carbons (Fsp3) is 0.667. The summed E-state index contributed by atoms with van der Waals surface area (Å²) < 4.78 is 11.2. The van der Waals surface area contributed by atoms with Gasteiger partial charge in [0.25, 0.3) is 0 Å². The Kier molecular flexibility index (Phi) is 6.00. The Morgan fingerprint density at radius 1 is 1.86 bits per heavy atom. The summed E-state index contributed by atoms with van der Waals surface area (Å²) in [5, 5.41) is 9.21. The minimum atomic E-state index is -1.84. The Balaban J connectivity index is 0. The van der Waals surface area contributed by atoms with Crippen molar-refractivity contribution in [1.29, 1.82) is 0 Å². The van der Waals surface area contributed by atoms with E-state index in [0.717, 1.165) is 6.92 Å². The largest absolute Gasteiger partial charge is 1.00 e. The third-order valence-electron chi connectivity index (χ3n) is 0.325. The number of carboxylic acid groups (broad SMARTS) is 1. The molecular formula is C3H4FLiO2. The first kappa shape index (κ1) is 10.1. The first-order chi connectivity index (χ1) is 2.64. The number of carbonyl (C=O) groups is 1. The second-order valence-electron chi connectivity index (χ2n) is 0.935. The van der Waals surface area contributed by atoms with Crippen molar-refractivity contribution in [3.05, 3.63) is 0 Å². The molecule has 0 amide bonds. The van der Waals surface area contributed by atoms with Crippen LogP contribution in [0.3, 0.4) is 0 Å². The van der Waals surface area contributed by atoms with Crippen molar-refractivity contribution < 1.29 is 33.2 Å². The molecule has 36 valence electrons. The summed E-state index contributed by atoms with van der Waals surface area (Å²) in [6.45, 7) is 0.912. The summed E-state index contributed by atoms with van der Waals surface area (Å²) >= 11 is 0. The molecular weight excluding hydrogens is 94.0 g/mol. The van der Waals surface area contributed by atoms with E-state index in [9.17, 15) is 14.3 Å². The van der Waals surface area contributed by atoms with E-state index in [0.29, 0.717) is 0 Å². The number of alkyl halides is 1. The molecule has 0 aromatic heterocycles. The molecule has 0 bridgehead atoms. The van der Waals surface area contributed by atoms with E-state index in [2.05, 4.69) is 0 Å². The molecule has 0 aliphatic rings. The zero-order chi connectivity index (χ0) is 5.15. The average Bonchev–Trinajstić information content (AvgIpc) is 1.36. The third kappa shape index (κ3) is 6.00. The number of hydrogen-bond acceptors (Lipinski definition) is 2. The molecule has 0 rings (SSSR count). The fourth-order valence-corrected chi connectivity index (χ4v) is 0. The second-order valence-corrected chi connectivity index (χ2v) is 0.935. The van der Waals surface area contributed by atoms with Gasteiger partial charge in [0.05, 0.1) is 5.97 Å². The van der Waals surface area contributed by atoms with Crippen molar-refractivity contribution in [3.63, 3.8) is 0 Å². The van der Waals surface area contributed by atoms with E-state index in [-0.39, 0.29) is 18.9 Å². The molecule has 0 spiro atoms. The van der Waals surface area contributed by atoms with Gasteiger partial charge in [-0.05, 0) is 6.92 Å². The first-order valence-electron chi connectivity index (χ1n) is 1.49. The van der Waals surface area contributed by atoms with Crippen LogP contribution >= 0.6 is 0 Å². The Morgan fingerprint density at radius 2 is 2.00 bits per heavy atom. The summed E-state index contributed by atoms with van der Waals surface area (Å²) in [5.41, 5.74) is 0. The molecule has 0 saturated heterocycles. The maximum Gasteiger partial charge on any atom is 1.00 e. The van der Waals surface area contributed by atoms with E-state index in [1.54, 1.807) is 0 Å². The minimum Gasteiger partial charge on any atom is -0.547 e. The predicted molar refractivity (Wildman–Crippen MR) is 15.6 cm³/mol. The third-order valence-corrected chi connectivity index (χ3v) is 0.325. The molecule has 2 nitrogen and oxygen atoms in total. The smallest absolute Gasteiger partial charge is 0.547 e. The van der Waals surface area contributed by atoms with Gasteiger partial charge in [-0.3, -0.25) is 0 Å². The van der Waals surface area contributed by atoms with Gasteiger partial charge in [-0.1, -0.05) is 0 Å². The van der Waals surface area contributed by atoms with E-state index >= 15 is 0 Å². The molecule has 0 aliphatic carbocycles. The minimum absolute atomic E-state index is 0. The molecule has 7 heavy (non-hydrogen) atoms.